The molecular weight excluding hydrogens is 236 g/mol. The van der Waals surface area contributed by atoms with Crippen molar-refractivity contribution in [3.05, 3.63) is 29.4 Å². The fraction of sp³-hybridized carbons (Fsp3) is 0.111. The van der Waals surface area contributed by atoms with Gasteiger partial charge in [-0.3, -0.25) is 4.68 Å². The Labute approximate surface area is 92.3 Å². The van der Waals surface area contributed by atoms with Gasteiger partial charge in [-0.25, -0.2) is 8.42 Å². The quantitative estimate of drug-likeness (QED) is 0.585. The van der Waals surface area contributed by atoms with Crippen molar-refractivity contribution in [2.24, 2.45) is 0 Å². The van der Waals surface area contributed by atoms with Crippen LogP contribution in [0, 0.1) is 0 Å². The molecule has 0 aliphatic heterocycles. The lowest BCUT2D eigenvalue weighted by atomic mass is 10.4. The first-order valence-corrected chi connectivity index (χ1v) is 6.43. The Morgan fingerprint density at radius 3 is 2.60 bits per heavy atom. The molecule has 1 aromatic heterocycles. The molecule has 0 saturated carbocycles. The molecule has 82 valence electrons. The zero-order chi connectivity index (χ0) is 11.6. The average Bonchev–Trinajstić information content (AvgIpc) is 2.44. The van der Waals surface area contributed by atoms with E-state index >= 15 is 0 Å². The van der Waals surface area contributed by atoms with Crippen molar-refractivity contribution in [1.82, 2.24) is 4.68 Å². The summed E-state index contributed by atoms with van der Waals surface area (Å²) in [6, 6.07) is 0. The van der Waals surface area contributed by atoms with E-state index in [1.54, 1.807) is 19.1 Å². The second-order valence-corrected chi connectivity index (χ2v) is 5.36. The molecule has 0 aliphatic carbocycles. The normalized spacial score (nSPS) is 14.5. The number of nitrogens with two attached hydrogens (primary N) is 1. The second kappa shape index (κ2) is 4.12. The van der Waals surface area contributed by atoms with Gasteiger partial charge in [0.25, 0.3) is 9.05 Å². The Kier molecular flexibility index (Phi) is 3.26. The molecule has 0 fully saturated rings. The summed E-state index contributed by atoms with van der Waals surface area (Å²) in [7, 11) is 1.49. The molecule has 1 aromatic rings. The number of nitrogens with zero attached hydrogens (tertiary/aromatic N) is 1. The lowest BCUT2D eigenvalue weighted by Gasteiger charge is -1.88. The van der Waals surface area contributed by atoms with E-state index in [0.717, 1.165) is 0 Å². The van der Waals surface area contributed by atoms with Gasteiger partial charge in [0.15, 0.2) is 0 Å². The molecule has 0 spiro atoms. The van der Waals surface area contributed by atoms with Crippen molar-refractivity contribution in [3.63, 3.8) is 0 Å². The van der Waals surface area contributed by atoms with Gasteiger partial charge in [-0.05, 0) is 13.0 Å². The van der Waals surface area contributed by atoms with Gasteiger partial charge in [0.05, 0.1) is 5.35 Å². The Morgan fingerprint density at radius 2 is 2.20 bits per heavy atom. The molecule has 0 unspecified atom stereocenters. The summed E-state index contributed by atoms with van der Waals surface area (Å²) in [5.41, 5.74) is 0. The number of halogens is 1. The zero-order valence-corrected chi connectivity index (χ0v) is 9.72. The fourth-order valence-corrected chi connectivity index (χ4v) is 2.40. The highest BCUT2D eigenvalue weighted by Gasteiger charge is 2.15. The molecule has 6 heteroatoms. The van der Waals surface area contributed by atoms with Crippen LogP contribution in [-0.2, 0) is 9.05 Å². The van der Waals surface area contributed by atoms with E-state index in [0.29, 0.717) is 10.6 Å². The van der Waals surface area contributed by atoms with Crippen LogP contribution in [-0.4, -0.2) is 13.1 Å². The summed E-state index contributed by atoms with van der Waals surface area (Å²) in [4.78, 5) is 0.00210. The van der Waals surface area contributed by atoms with Crippen LogP contribution in [0.15, 0.2) is 23.7 Å². The summed E-state index contributed by atoms with van der Waals surface area (Å²) >= 11 is 0. The topological polar surface area (TPSA) is 65.1 Å². The van der Waals surface area contributed by atoms with Gasteiger partial charge in [0.1, 0.15) is 4.90 Å². The minimum atomic E-state index is -3.78. The summed E-state index contributed by atoms with van der Waals surface area (Å²) < 4.78 is 23.6. The predicted molar refractivity (Wildman–Crippen MR) is 61.7 cm³/mol. The van der Waals surface area contributed by atoms with Crippen LogP contribution in [0.3, 0.4) is 0 Å². The first-order valence-electron chi connectivity index (χ1n) is 4.12. The van der Waals surface area contributed by atoms with Crippen molar-refractivity contribution in [1.29, 1.82) is 0 Å². The number of aromatic nitrogens is 1. The molecule has 4 nitrogen and oxygen atoms in total. The summed E-state index contributed by atoms with van der Waals surface area (Å²) in [6.45, 7) is 5.23. The van der Waals surface area contributed by atoms with Crippen LogP contribution < -0.4 is 16.4 Å². The zero-order valence-electron chi connectivity index (χ0n) is 8.14. The molecule has 2 N–H and O–H groups in total. The molecular formula is C9H11ClN2O2S. The molecule has 0 atom stereocenters. The number of hydrogen-bond acceptors (Lipinski definition) is 3. The van der Waals surface area contributed by atoms with Crippen LogP contribution in [0.5, 0.6) is 0 Å². The van der Waals surface area contributed by atoms with Gasteiger partial charge in [-0.15, -0.1) is 0 Å². The van der Waals surface area contributed by atoms with E-state index in [-0.39, 0.29) is 4.90 Å². The third-order valence-corrected chi connectivity index (χ3v) is 3.25. The number of rotatable bonds is 2. The average molecular weight is 247 g/mol. The molecule has 0 saturated heterocycles. The maximum atomic E-state index is 11.2. The van der Waals surface area contributed by atoms with Crippen molar-refractivity contribution in [2.45, 2.75) is 11.8 Å². The first kappa shape index (κ1) is 11.9. The minimum Gasteiger partial charge on any atom is -0.339 e. The monoisotopic (exact) mass is 246 g/mol. The second-order valence-electron chi connectivity index (χ2n) is 2.83. The van der Waals surface area contributed by atoms with E-state index in [4.69, 9.17) is 16.5 Å². The highest BCUT2D eigenvalue weighted by Crippen LogP contribution is 2.07. The third kappa shape index (κ3) is 2.24. The number of allylic oxidation sites excluding steroid dienone is 1. The fourth-order valence-electron chi connectivity index (χ4n) is 1.30. The van der Waals surface area contributed by atoms with Crippen LogP contribution >= 0.6 is 10.7 Å². The molecule has 15 heavy (non-hydrogen) atoms. The summed E-state index contributed by atoms with van der Waals surface area (Å²) in [6.07, 6.45) is 6.04. The largest absolute Gasteiger partial charge is 0.339 e. The lowest BCUT2D eigenvalue weighted by molar-refractivity contribution is 0.609. The van der Waals surface area contributed by atoms with Crippen molar-refractivity contribution < 1.29 is 8.42 Å². The van der Waals surface area contributed by atoms with Gasteiger partial charge < -0.3 is 5.84 Å². The van der Waals surface area contributed by atoms with E-state index in [9.17, 15) is 8.42 Å². The van der Waals surface area contributed by atoms with Crippen molar-refractivity contribution in [2.75, 3.05) is 5.84 Å². The van der Waals surface area contributed by atoms with Crippen LogP contribution in [0.25, 0.3) is 12.2 Å². The Morgan fingerprint density at radius 1 is 1.60 bits per heavy atom. The van der Waals surface area contributed by atoms with Gasteiger partial charge >= 0.3 is 0 Å². The first-order chi connectivity index (χ1) is 6.91. The van der Waals surface area contributed by atoms with E-state index in [1.165, 1.54) is 16.9 Å². The van der Waals surface area contributed by atoms with Gasteiger partial charge in [0.2, 0.25) is 0 Å². The number of hydrogen-bond donors (Lipinski definition) is 1. The van der Waals surface area contributed by atoms with Gasteiger partial charge in [-0.1, -0.05) is 18.7 Å². The summed E-state index contributed by atoms with van der Waals surface area (Å²) in [5.74, 6) is 5.60. The Balaban J connectivity index is 3.85. The smallest absolute Gasteiger partial charge is 0.263 e. The standard InChI is InChI=1S/C9H11ClN2O2S/c1-3-5-8-7(4-2)9(6-12(8)11)15(10,13)14/h3-6H,1,11H2,2H3/b7-4+,8-5+. The minimum absolute atomic E-state index is 0.00210. The van der Waals surface area contributed by atoms with Gasteiger partial charge in [0, 0.05) is 22.1 Å². The maximum Gasteiger partial charge on any atom is 0.263 e. The maximum absolute atomic E-state index is 11.2. The van der Waals surface area contributed by atoms with Crippen molar-refractivity contribution in [3.8, 4) is 0 Å². The molecule has 0 aliphatic rings. The molecule has 1 rings (SSSR count). The summed E-state index contributed by atoms with van der Waals surface area (Å²) in [5, 5.41) is 1.03. The third-order valence-electron chi connectivity index (χ3n) is 1.90. The lowest BCUT2D eigenvalue weighted by Crippen LogP contribution is -2.33. The van der Waals surface area contributed by atoms with Crippen LogP contribution in [0.1, 0.15) is 6.92 Å². The van der Waals surface area contributed by atoms with Crippen LogP contribution in [0.4, 0.5) is 0 Å². The van der Waals surface area contributed by atoms with E-state index in [1.807, 2.05) is 0 Å². The highest BCUT2D eigenvalue weighted by molar-refractivity contribution is 8.13. The SMILES string of the molecule is C=C/C=c1\c(=C/C)c(S(=O)(=O)Cl)cn1N. The van der Waals surface area contributed by atoms with Crippen molar-refractivity contribution >= 4 is 31.9 Å². The van der Waals surface area contributed by atoms with Crippen LogP contribution in [0.2, 0.25) is 0 Å². The van der Waals surface area contributed by atoms with E-state index in [2.05, 4.69) is 6.58 Å². The Hall–Kier alpha value is -1.20. The predicted octanol–water partition coefficient (Wildman–Crippen LogP) is -0.104. The van der Waals surface area contributed by atoms with Gasteiger partial charge in [-0.2, -0.15) is 0 Å². The molecule has 0 bridgehead atoms. The highest BCUT2D eigenvalue weighted by atomic mass is 35.7. The Bertz CT molecular complexity index is 599. The number of nitrogen functional groups attached to an aromatic ring is 1. The van der Waals surface area contributed by atoms with E-state index < -0.39 is 9.05 Å². The molecule has 0 radical (unpaired) electrons. The molecule has 0 amide bonds. The molecule has 1 heterocycles. The molecule has 0 aromatic carbocycles.